The molecular weight excluding hydrogens is 471 g/mol. The van der Waals surface area contributed by atoms with Crippen molar-refractivity contribution in [1.82, 2.24) is 9.62 Å². The first kappa shape index (κ1) is 25.0. The van der Waals surface area contributed by atoms with Gasteiger partial charge in [-0.05, 0) is 56.0 Å². The monoisotopic (exact) mass is 498 g/mol. The zero-order valence-corrected chi connectivity index (χ0v) is 20.5. The third-order valence-electron chi connectivity index (χ3n) is 5.38. The van der Waals surface area contributed by atoms with E-state index in [9.17, 15) is 13.2 Å². The molecule has 174 valence electrons. The molecule has 0 radical (unpaired) electrons. The second-order valence-electron chi connectivity index (χ2n) is 8.15. The van der Waals surface area contributed by atoms with Gasteiger partial charge < -0.3 is 10.1 Å². The van der Waals surface area contributed by atoms with Crippen LogP contribution in [0, 0.1) is 5.92 Å². The van der Waals surface area contributed by atoms with Crippen LogP contribution in [0.25, 0.3) is 0 Å². The van der Waals surface area contributed by atoms with Gasteiger partial charge in [-0.1, -0.05) is 47.5 Å². The second kappa shape index (κ2) is 11.0. The van der Waals surface area contributed by atoms with Gasteiger partial charge in [0.1, 0.15) is 4.90 Å². The number of nitrogens with one attached hydrogen (secondary N) is 1. The molecule has 0 aromatic heterocycles. The Balaban J connectivity index is 1.53. The molecule has 3 rings (SSSR count). The molecular formula is C23H28Cl2N2O4S. The molecule has 2 aromatic carbocycles. The van der Waals surface area contributed by atoms with Gasteiger partial charge in [0.05, 0.1) is 17.7 Å². The summed E-state index contributed by atoms with van der Waals surface area (Å²) in [5, 5.41) is 3.42. The first-order chi connectivity index (χ1) is 15.2. The lowest BCUT2D eigenvalue weighted by atomic mass is 9.97. The number of sulfonamides is 1. The number of nitrogens with zero attached hydrogens (tertiary/aromatic N) is 1. The molecule has 1 aliphatic rings. The molecule has 32 heavy (non-hydrogen) atoms. The van der Waals surface area contributed by atoms with Crippen LogP contribution in [0.1, 0.15) is 37.8 Å². The number of rotatable bonds is 8. The minimum absolute atomic E-state index is 0.00380. The van der Waals surface area contributed by atoms with Gasteiger partial charge in [-0.15, -0.1) is 0 Å². The Morgan fingerprint density at radius 3 is 2.50 bits per heavy atom. The van der Waals surface area contributed by atoms with Crippen LogP contribution in [-0.2, 0) is 32.7 Å². The summed E-state index contributed by atoms with van der Waals surface area (Å²) >= 11 is 12.0. The number of carbonyl (C=O) groups excluding carboxylic acids is 1. The van der Waals surface area contributed by atoms with Crippen LogP contribution in [-0.4, -0.2) is 37.8 Å². The van der Waals surface area contributed by atoms with Crippen molar-refractivity contribution in [2.24, 2.45) is 5.92 Å². The van der Waals surface area contributed by atoms with E-state index in [0.29, 0.717) is 31.0 Å². The zero-order chi connectivity index (χ0) is 23.3. The number of hydrogen-bond donors (Lipinski definition) is 1. The van der Waals surface area contributed by atoms with E-state index in [0.717, 1.165) is 11.1 Å². The topological polar surface area (TPSA) is 75.7 Å². The van der Waals surface area contributed by atoms with Crippen LogP contribution >= 0.6 is 23.2 Å². The van der Waals surface area contributed by atoms with E-state index >= 15 is 0 Å². The van der Waals surface area contributed by atoms with Crippen molar-refractivity contribution in [1.29, 1.82) is 0 Å². The standard InChI is InChI=1S/C23H28Cl2N2O4S/c1-16(2)31-15-18-5-3-4-17(12-18)14-26-23(28)19-8-10-27(11-9-19)32(29,30)22-13-20(24)6-7-21(22)25/h3-7,12-13,16,19H,8-11,14-15H2,1-2H3,(H,26,28). The van der Waals surface area contributed by atoms with Gasteiger partial charge >= 0.3 is 0 Å². The van der Waals surface area contributed by atoms with Gasteiger partial charge in [0.2, 0.25) is 15.9 Å². The highest BCUT2D eigenvalue weighted by molar-refractivity contribution is 7.89. The molecule has 1 fully saturated rings. The Labute approximate surface area is 199 Å². The van der Waals surface area contributed by atoms with Crippen molar-refractivity contribution in [2.75, 3.05) is 13.1 Å². The van der Waals surface area contributed by atoms with Crippen molar-refractivity contribution >= 4 is 39.1 Å². The number of benzene rings is 2. The average molecular weight is 499 g/mol. The lowest BCUT2D eigenvalue weighted by Crippen LogP contribution is -2.42. The Morgan fingerprint density at radius 2 is 1.81 bits per heavy atom. The number of carbonyl (C=O) groups is 1. The fourth-order valence-electron chi connectivity index (χ4n) is 3.60. The first-order valence-corrected chi connectivity index (χ1v) is 12.8. The molecule has 6 nitrogen and oxygen atoms in total. The van der Waals surface area contributed by atoms with Crippen LogP contribution in [0.5, 0.6) is 0 Å². The third kappa shape index (κ3) is 6.45. The van der Waals surface area contributed by atoms with Crippen LogP contribution in [0.2, 0.25) is 10.0 Å². The van der Waals surface area contributed by atoms with E-state index in [1.165, 1.54) is 16.4 Å². The Bertz CT molecular complexity index is 1050. The highest BCUT2D eigenvalue weighted by atomic mass is 35.5. The molecule has 1 amide bonds. The summed E-state index contributed by atoms with van der Waals surface area (Å²) in [5.41, 5.74) is 2.06. The molecule has 2 aromatic rings. The van der Waals surface area contributed by atoms with Gasteiger partial charge in [0.15, 0.2) is 0 Å². The number of ether oxygens (including phenoxy) is 1. The maximum atomic E-state index is 12.9. The molecule has 0 atom stereocenters. The first-order valence-electron chi connectivity index (χ1n) is 10.6. The fraction of sp³-hybridized carbons (Fsp3) is 0.435. The van der Waals surface area contributed by atoms with Crippen molar-refractivity contribution in [3.63, 3.8) is 0 Å². The van der Waals surface area contributed by atoms with Crippen LogP contribution < -0.4 is 5.32 Å². The third-order valence-corrected chi connectivity index (χ3v) is 7.99. The number of amides is 1. The number of halogens is 2. The van der Waals surface area contributed by atoms with Gasteiger partial charge in [0.25, 0.3) is 0 Å². The van der Waals surface area contributed by atoms with E-state index in [4.69, 9.17) is 27.9 Å². The minimum Gasteiger partial charge on any atom is -0.374 e. The molecule has 0 unspecified atom stereocenters. The molecule has 0 bridgehead atoms. The SMILES string of the molecule is CC(C)OCc1cccc(CNC(=O)C2CCN(S(=O)(=O)c3cc(Cl)ccc3Cl)CC2)c1. The Hall–Kier alpha value is -1.64. The summed E-state index contributed by atoms with van der Waals surface area (Å²) in [6.07, 6.45) is 1.06. The predicted molar refractivity (Wildman–Crippen MR) is 126 cm³/mol. The van der Waals surface area contributed by atoms with Crippen LogP contribution in [0.15, 0.2) is 47.4 Å². The largest absolute Gasteiger partial charge is 0.374 e. The molecule has 0 spiro atoms. The van der Waals surface area contributed by atoms with Gasteiger partial charge in [-0.25, -0.2) is 8.42 Å². The summed E-state index contributed by atoms with van der Waals surface area (Å²) in [4.78, 5) is 12.7. The Kier molecular flexibility index (Phi) is 8.58. The predicted octanol–water partition coefficient (Wildman–Crippen LogP) is 4.64. The van der Waals surface area contributed by atoms with Crippen molar-refractivity contribution in [2.45, 2.75) is 50.8 Å². The summed E-state index contributed by atoms with van der Waals surface area (Å²) in [7, 11) is -3.76. The minimum atomic E-state index is -3.76. The molecule has 1 aliphatic heterocycles. The summed E-state index contributed by atoms with van der Waals surface area (Å²) in [6, 6.07) is 12.3. The van der Waals surface area contributed by atoms with E-state index in [-0.39, 0.29) is 40.9 Å². The maximum absolute atomic E-state index is 12.9. The van der Waals surface area contributed by atoms with E-state index in [1.54, 1.807) is 6.07 Å². The molecule has 9 heteroatoms. The van der Waals surface area contributed by atoms with Gasteiger partial charge in [0, 0.05) is 30.6 Å². The van der Waals surface area contributed by atoms with E-state index < -0.39 is 10.0 Å². The smallest absolute Gasteiger partial charge is 0.244 e. The maximum Gasteiger partial charge on any atom is 0.244 e. The zero-order valence-electron chi connectivity index (χ0n) is 18.2. The van der Waals surface area contributed by atoms with Gasteiger partial charge in [-0.3, -0.25) is 4.79 Å². The van der Waals surface area contributed by atoms with Crippen molar-refractivity contribution in [3.8, 4) is 0 Å². The lowest BCUT2D eigenvalue weighted by molar-refractivity contribution is -0.126. The molecule has 1 saturated heterocycles. The Morgan fingerprint density at radius 1 is 1.12 bits per heavy atom. The van der Waals surface area contributed by atoms with Crippen molar-refractivity contribution in [3.05, 3.63) is 63.6 Å². The second-order valence-corrected chi connectivity index (χ2v) is 10.9. The number of hydrogen-bond acceptors (Lipinski definition) is 4. The van der Waals surface area contributed by atoms with E-state index in [1.807, 2.05) is 38.1 Å². The number of piperidine rings is 1. The van der Waals surface area contributed by atoms with Crippen molar-refractivity contribution < 1.29 is 17.9 Å². The lowest BCUT2D eigenvalue weighted by Gasteiger charge is -2.30. The summed E-state index contributed by atoms with van der Waals surface area (Å²) in [5.74, 6) is -0.296. The van der Waals surface area contributed by atoms with Gasteiger partial charge in [-0.2, -0.15) is 4.31 Å². The quantitative estimate of drug-likeness (QED) is 0.575. The molecule has 0 saturated carbocycles. The molecule has 1 heterocycles. The highest BCUT2D eigenvalue weighted by Gasteiger charge is 2.33. The highest BCUT2D eigenvalue weighted by Crippen LogP contribution is 2.30. The van der Waals surface area contributed by atoms with E-state index in [2.05, 4.69) is 5.32 Å². The fourth-order valence-corrected chi connectivity index (χ4v) is 5.81. The summed E-state index contributed by atoms with van der Waals surface area (Å²) in [6.45, 7) is 5.44. The van der Waals surface area contributed by atoms with Crippen LogP contribution in [0.3, 0.4) is 0 Å². The molecule has 0 aliphatic carbocycles. The average Bonchev–Trinajstić information content (AvgIpc) is 2.78. The van der Waals surface area contributed by atoms with Crippen LogP contribution in [0.4, 0.5) is 0 Å². The normalized spacial score (nSPS) is 15.8. The molecule has 1 N–H and O–H groups in total. The summed E-state index contributed by atoms with van der Waals surface area (Å²) < 4.78 is 32.9.